The SMILES string of the molecule is CSc1ccc(S(=O)(=O)Nc2ccccc2SC)cc1NC(=O)C(C)C. The van der Waals surface area contributed by atoms with Gasteiger partial charge in [-0.25, -0.2) is 8.42 Å². The quantitative estimate of drug-likeness (QED) is 0.656. The second-order valence-electron chi connectivity index (χ2n) is 5.81. The van der Waals surface area contributed by atoms with Crippen LogP contribution in [0.2, 0.25) is 0 Å². The lowest BCUT2D eigenvalue weighted by atomic mass is 10.2. The molecule has 2 N–H and O–H groups in total. The van der Waals surface area contributed by atoms with E-state index in [4.69, 9.17) is 0 Å². The molecule has 2 rings (SSSR count). The topological polar surface area (TPSA) is 75.3 Å². The van der Waals surface area contributed by atoms with Gasteiger partial charge in [-0.2, -0.15) is 0 Å². The van der Waals surface area contributed by atoms with E-state index < -0.39 is 10.0 Å². The van der Waals surface area contributed by atoms with Crippen LogP contribution >= 0.6 is 23.5 Å². The number of sulfonamides is 1. The van der Waals surface area contributed by atoms with Crippen LogP contribution < -0.4 is 10.0 Å². The van der Waals surface area contributed by atoms with E-state index in [1.54, 1.807) is 38.1 Å². The van der Waals surface area contributed by atoms with Gasteiger partial charge in [-0.15, -0.1) is 23.5 Å². The van der Waals surface area contributed by atoms with E-state index in [1.165, 1.54) is 29.6 Å². The number of nitrogens with one attached hydrogen (secondary N) is 2. The maximum absolute atomic E-state index is 12.8. The van der Waals surface area contributed by atoms with Crippen molar-refractivity contribution in [1.82, 2.24) is 0 Å². The van der Waals surface area contributed by atoms with Gasteiger partial charge in [-0.1, -0.05) is 26.0 Å². The number of rotatable bonds is 7. The standard InChI is InChI=1S/C18H22N2O3S3/c1-12(2)18(21)19-15-11-13(9-10-17(15)25-4)26(22,23)20-14-7-5-6-8-16(14)24-3/h5-12,20H,1-4H3,(H,19,21). The van der Waals surface area contributed by atoms with Crippen LogP contribution in [0.25, 0.3) is 0 Å². The molecular formula is C18H22N2O3S3. The minimum Gasteiger partial charge on any atom is -0.325 e. The lowest BCUT2D eigenvalue weighted by Crippen LogP contribution is -2.19. The first-order chi connectivity index (χ1) is 12.3. The summed E-state index contributed by atoms with van der Waals surface area (Å²) in [6.45, 7) is 3.57. The van der Waals surface area contributed by atoms with Crippen LogP contribution in [0.3, 0.4) is 0 Å². The van der Waals surface area contributed by atoms with Gasteiger partial charge in [-0.05, 0) is 42.8 Å². The molecule has 0 aliphatic rings. The smallest absolute Gasteiger partial charge is 0.262 e. The molecule has 8 heteroatoms. The third-order valence-corrected chi connectivity index (χ3v) is 6.57. The fourth-order valence-electron chi connectivity index (χ4n) is 2.16. The first kappa shape index (κ1) is 20.7. The molecule has 0 aliphatic carbocycles. The Labute approximate surface area is 163 Å². The average Bonchev–Trinajstić information content (AvgIpc) is 2.61. The van der Waals surface area contributed by atoms with E-state index in [1.807, 2.05) is 24.6 Å². The number of hydrogen-bond acceptors (Lipinski definition) is 5. The van der Waals surface area contributed by atoms with Crippen molar-refractivity contribution in [2.75, 3.05) is 22.6 Å². The minimum absolute atomic E-state index is 0.102. The molecule has 0 bridgehead atoms. The van der Waals surface area contributed by atoms with Crippen molar-refractivity contribution >= 4 is 50.8 Å². The molecule has 0 saturated heterocycles. The van der Waals surface area contributed by atoms with E-state index in [-0.39, 0.29) is 16.7 Å². The number of hydrogen-bond donors (Lipinski definition) is 2. The first-order valence-corrected chi connectivity index (χ1v) is 11.9. The largest absolute Gasteiger partial charge is 0.325 e. The van der Waals surface area contributed by atoms with Gasteiger partial charge in [0.2, 0.25) is 5.91 Å². The number of thioether (sulfide) groups is 2. The van der Waals surface area contributed by atoms with E-state index in [0.717, 1.165) is 9.79 Å². The maximum atomic E-state index is 12.8. The zero-order chi connectivity index (χ0) is 19.3. The molecule has 2 aromatic carbocycles. The lowest BCUT2D eigenvalue weighted by Gasteiger charge is -2.15. The van der Waals surface area contributed by atoms with Crippen molar-refractivity contribution in [3.8, 4) is 0 Å². The summed E-state index contributed by atoms with van der Waals surface area (Å²) >= 11 is 2.91. The number of amides is 1. The number of anilines is 2. The Morgan fingerprint density at radius 2 is 1.58 bits per heavy atom. The van der Waals surface area contributed by atoms with Crippen molar-refractivity contribution in [1.29, 1.82) is 0 Å². The zero-order valence-electron chi connectivity index (χ0n) is 15.1. The zero-order valence-corrected chi connectivity index (χ0v) is 17.5. The third kappa shape index (κ3) is 4.96. The monoisotopic (exact) mass is 410 g/mol. The van der Waals surface area contributed by atoms with Crippen molar-refractivity contribution in [2.45, 2.75) is 28.5 Å². The molecule has 5 nitrogen and oxygen atoms in total. The van der Waals surface area contributed by atoms with Gasteiger partial charge < -0.3 is 5.32 Å². The molecule has 0 spiro atoms. The predicted molar refractivity (Wildman–Crippen MR) is 111 cm³/mol. The minimum atomic E-state index is -3.77. The molecule has 0 radical (unpaired) electrons. The summed E-state index contributed by atoms with van der Waals surface area (Å²) in [6.07, 6.45) is 3.77. The molecule has 0 aliphatic heterocycles. The second-order valence-corrected chi connectivity index (χ2v) is 9.19. The van der Waals surface area contributed by atoms with Crippen LogP contribution in [0, 0.1) is 5.92 Å². The Hall–Kier alpha value is -1.64. The highest BCUT2D eigenvalue weighted by molar-refractivity contribution is 7.99. The predicted octanol–water partition coefficient (Wildman–Crippen LogP) is 4.53. The van der Waals surface area contributed by atoms with Crippen molar-refractivity contribution < 1.29 is 13.2 Å². The molecule has 1 amide bonds. The normalized spacial score (nSPS) is 11.4. The summed E-state index contributed by atoms with van der Waals surface area (Å²) in [5.41, 5.74) is 1.03. The highest BCUT2D eigenvalue weighted by Crippen LogP contribution is 2.31. The van der Waals surface area contributed by atoms with Crippen LogP contribution in [0.15, 0.2) is 57.2 Å². The van der Waals surface area contributed by atoms with E-state index in [2.05, 4.69) is 10.0 Å². The fourth-order valence-corrected chi connectivity index (χ4v) is 4.42. The average molecular weight is 411 g/mol. The molecule has 2 aromatic rings. The Bertz CT molecular complexity index is 896. The van der Waals surface area contributed by atoms with Gasteiger partial charge in [-0.3, -0.25) is 9.52 Å². The fraction of sp³-hybridized carbons (Fsp3) is 0.278. The van der Waals surface area contributed by atoms with Gasteiger partial charge in [0.05, 0.1) is 16.3 Å². The summed E-state index contributed by atoms with van der Waals surface area (Å²) in [4.78, 5) is 13.8. The van der Waals surface area contributed by atoms with Crippen LogP contribution in [-0.2, 0) is 14.8 Å². The summed E-state index contributed by atoms with van der Waals surface area (Å²) < 4.78 is 28.2. The summed E-state index contributed by atoms with van der Waals surface area (Å²) in [6, 6.07) is 12.0. The van der Waals surface area contributed by atoms with Crippen molar-refractivity contribution in [3.63, 3.8) is 0 Å². The van der Waals surface area contributed by atoms with Crippen molar-refractivity contribution in [2.24, 2.45) is 5.92 Å². The molecule has 0 unspecified atom stereocenters. The summed E-state index contributed by atoms with van der Waals surface area (Å²) in [5.74, 6) is -0.355. The second kappa shape index (κ2) is 8.83. The molecule has 140 valence electrons. The van der Waals surface area contributed by atoms with Gasteiger partial charge in [0.25, 0.3) is 10.0 Å². The molecule has 0 aromatic heterocycles. The van der Waals surface area contributed by atoms with Gasteiger partial charge in [0.1, 0.15) is 0 Å². The van der Waals surface area contributed by atoms with Crippen LogP contribution in [0.5, 0.6) is 0 Å². The van der Waals surface area contributed by atoms with Crippen LogP contribution in [0.4, 0.5) is 11.4 Å². The number of carbonyl (C=O) groups excluding carboxylic acids is 1. The number of benzene rings is 2. The van der Waals surface area contributed by atoms with Crippen LogP contribution in [0.1, 0.15) is 13.8 Å². The highest BCUT2D eigenvalue weighted by Gasteiger charge is 2.19. The molecule has 0 heterocycles. The summed E-state index contributed by atoms with van der Waals surface area (Å²) in [5, 5.41) is 2.80. The summed E-state index contributed by atoms with van der Waals surface area (Å²) in [7, 11) is -3.77. The molecule has 0 saturated carbocycles. The number of carbonyl (C=O) groups is 1. The molecule has 0 fully saturated rings. The van der Waals surface area contributed by atoms with E-state index in [0.29, 0.717) is 11.4 Å². The highest BCUT2D eigenvalue weighted by atomic mass is 32.2. The van der Waals surface area contributed by atoms with E-state index >= 15 is 0 Å². The van der Waals surface area contributed by atoms with Gasteiger partial charge in [0.15, 0.2) is 0 Å². The number of para-hydroxylation sites is 1. The Morgan fingerprint density at radius 3 is 2.19 bits per heavy atom. The Kier molecular flexibility index (Phi) is 7.02. The Morgan fingerprint density at radius 1 is 0.962 bits per heavy atom. The molecule has 0 atom stereocenters. The first-order valence-electron chi connectivity index (χ1n) is 7.93. The lowest BCUT2D eigenvalue weighted by molar-refractivity contribution is -0.118. The molecular weight excluding hydrogens is 388 g/mol. The Balaban J connectivity index is 2.38. The third-order valence-electron chi connectivity index (χ3n) is 3.61. The van der Waals surface area contributed by atoms with Crippen LogP contribution in [-0.4, -0.2) is 26.8 Å². The van der Waals surface area contributed by atoms with Gasteiger partial charge in [0, 0.05) is 15.7 Å². The van der Waals surface area contributed by atoms with E-state index in [9.17, 15) is 13.2 Å². The molecule has 26 heavy (non-hydrogen) atoms. The van der Waals surface area contributed by atoms with Gasteiger partial charge >= 0.3 is 0 Å². The maximum Gasteiger partial charge on any atom is 0.262 e. The van der Waals surface area contributed by atoms with Crippen molar-refractivity contribution in [3.05, 3.63) is 42.5 Å².